The smallest absolute Gasteiger partial charge is 0.182 e. The number of thiophene rings is 1. The lowest BCUT2D eigenvalue weighted by Crippen LogP contribution is -1.79. The van der Waals surface area contributed by atoms with Gasteiger partial charge in [-0.2, -0.15) is 5.26 Å². The molecule has 1 aromatic rings. The lowest BCUT2D eigenvalue weighted by molar-refractivity contribution is 1.49. The van der Waals surface area contributed by atoms with Crippen LogP contribution in [0.15, 0.2) is 17.5 Å². The van der Waals surface area contributed by atoms with Gasteiger partial charge in [0.15, 0.2) is 6.19 Å². The minimum absolute atomic E-state index is 0.896. The first-order chi connectivity index (χ1) is 3.93. The molecule has 1 heterocycles. The van der Waals surface area contributed by atoms with Gasteiger partial charge in [0, 0.05) is 0 Å². The van der Waals surface area contributed by atoms with Gasteiger partial charge in [-0.1, -0.05) is 0 Å². The maximum absolute atomic E-state index is 8.08. The minimum atomic E-state index is 0.896. The topological polar surface area (TPSA) is 35.8 Å². The average Bonchev–Trinajstić information content (AvgIpc) is 2.19. The number of hydrogen-bond donors (Lipinski definition) is 1. The van der Waals surface area contributed by atoms with Gasteiger partial charge in [-0.25, -0.2) is 0 Å². The molecule has 0 amide bonds. The molecule has 0 atom stereocenters. The van der Waals surface area contributed by atoms with E-state index in [1.54, 1.807) is 0 Å². The number of nitriles is 1. The average molecular weight is 124 g/mol. The summed E-state index contributed by atoms with van der Waals surface area (Å²) < 4.78 is 0. The van der Waals surface area contributed by atoms with Crippen molar-refractivity contribution in [3.63, 3.8) is 0 Å². The molecule has 0 spiro atoms. The molecule has 3 heteroatoms. The van der Waals surface area contributed by atoms with Crippen LogP contribution in [0.5, 0.6) is 0 Å². The molecule has 0 fully saturated rings. The number of rotatable bonds is 1. The van der Waals surface area contributed by atoms with E-state index < -0.39 is 0 Å². The van der Waals surface area contributed by atoms with Crippen molar-refractivity contribution in [2.24, 2.45) is 0 Å². The highest BCUT2D eigenvalue weighted by Gasteiger charge is 1.84. The second-order valence-corrected chi connectivity index (χ2v) is 2.16. The zero-order chi connectivity index (χ0) is 5.82. The highest BCUT2D eigenvalue weighted by molar-refractivity contribution is 7.14. The maximum Gasteiger partial charge on any atom is 0.182 e. The first kappa shape index (κ1) is 5.13. The molecule has 1 rings (SSSR count). The van der Waals surface area contributed by atoms with Crippen LogP contribution in [0.4, 0.5) is 5.00 Å². The van der Waals surface area contributed by atoms with E-state index in [2.05, 4.69) is 5.32 Å². The molecule has 0 aromatic carbocycles. The van der Waals surface area contributed by atoms with Crippen LogP contribution in [0.3, 0.4) is 0 Å². The summed E-state index contributed by atoms with van der Waals surface area (Å²) in [5.74, 6) is 0. The summed E-state index contributed by atoms with van der Waals surface area (Å²) >= 11 is 1.51. The zero-order valence-electron chi connectivity index (χ0n) is 4.09. The second-order valence-electron chi connectivity index (χ2n) is 1.21. The van der Waals surface area contributed by atoms with Crippen LogP contribution in [0.1, 0.15) is 0 Å². The summed E-state index contributed by atoms with van der Waals surface area (Å²) in [6.07, 6.45) is 1.83. The third kappa shape index (κ3) is 0.983. The Labute approximate surface area is 51.4 Å². The Bertz CT molecular complexity index is 185. The van der Waals surface area contributed by atoms with Crippen molar-refractivity contribution in [3.05, 3.63) is 17.5 Å². The van der Waals surface area contributed by atoms with Crippen molar-refractivity contribution in [1.82, 2.24) is 0 Å². The van der Waals surface area contributed by atoms with Crippen LogP contribution in [-0.2, 0) is 0 Å². The molecule has 0 aliphatic rings. The largest absolute Gasteiger partial charge is 0.284 e. The fourth-order valence-electron chi connectivity index (χ4n) is 0.405. The molecule has 0 saturated carbocycles. The minimum Gasteiger partial charge on any atom is -0.284 e. The summed E-state index contributed by atoms with van der Waals surface area (Å²) in [6, 6.07) is 3.75. The Balaban J connectivity index is 2.67. The third-order valence-corrected chi connectivity index (χ3v) is 1.49. The fraction of sp³-hybridized carbons (Fsp3) is 0. The van der Waals surface area contributed by atoms with Gasteiger partial charge in [0.05, 0.1) is 0 Å². The Hall–Kier alpha value is -1.01. The summed E-state index contributed by atoms with van der Waals surface area (Å²) in [7, 11) is 0. The van der Waals surface area contributed by atoms with Crippen molar-refractivity contribution < 1.29 is 0 Å². The van der Waals surface area contributed by atoms with E-state index >= 15 is 0 Å². The molecule has 0 unspecified atom stereocenters. The third-order valence-electron chi connectivity index (χ3n) is 0.700. The highest BCUT2D eigenvalue weighted by Crippen LogP contribution is 2.13. The zero-order valence-corrected chi connectivity index (χ0v) is 4.90. The molecule has 40 valence electrons. The van der Waals surface area contributed by atoms with Crippen LogP contribution < -0.4 is 5.32 Å². The number of anilines is 1. The normalized spacial score (nSPS) is 7.88. The molecular weight excluding hydrogens is 120 g/mol. The molecule has 1 N–H and O–H groups in total. The Morgan fingerprint density at radius 3 is 3.12 bits per heavy atom. The van der Waals surface area contributed by atoms with Gasteiger partial charge in [-0.15, -0.1) is 11.3 Å². The highest BCUT2D eigenvalue weighted by atomic mass is 32.1. The predicted molar refractivity (Wildman–Crippen MR) is 33.6 cm³/mol. The van der Waals surface area contributed by atoms with Crippen LogP contribution in [0.25, 0.3) is 0 Å². The van der Waals surface area contributed by atoms with E-state index in [4.69, 9.17) is 5.26 Å². The van der Waals surface area contributed by atoms with E-state index in [-0.39, 0.29) is 0 Å². The number of nitrogens with one attached hydrogen (secondary N) is 1. The van der Waals surface area contributed by atoms with Gasteiger partial charge in [-0.3, -0.25) is 5.32 Å². The maximum atomic E-state index is 8.08. The summed E-state index contributed by atoms with van der Waals surface area (Å²) in [5.41, 5.74) is 0. The van der Waals surface area contributed by atoms with Gasteiger partial charge >= 0.3 is 0 Å². The Morgan fingerprint density at radius 2 is 2.62 bits per heavy atom. The molecule has 0 aliphatic heterocycles. The van der Waals surface area contributed by atoms with E-state index in [0.717, 1.165) is 5.00 Å². The molecule has 0 bridgehead atoms. The molecule has 8 heavy (non-hydrogen) atoms. The Kier molecular flexibility index (Phi) is 1.50. The Morgan fingerprint density at radius 1 is 1.75 bits per heavy atom. The van der Waals surface area contributed by atoms with Crippen LogP contribution >= 0.6 is 11.3 Å². The van der Waals surface area contributed by atoms with Crippen molar-refractivity contribution in [1.29, 1.82) is 5.26 Å². The van der Waals surface area contributed by atoms with Crippen LogP contribution in [-0.4, -0.2) is 0 Å². The monoisotopic (exact) mass is 124 g/mol. The van der Waals surface area contributed by atoms with Crippen LogP contribution in [0, 0.1) is 11.5 Å². The predicted octanol–water partition coefficient (Wildman–Crippen LogP) is 1.64. The number of hydrogen-bond acceptors (Lipinski definition) is 3. The molecule has 0 saturated heterocycles. The van der Waals surface area contributed by atoms with Gasteiger partial charge in [0.2, 0.25) is 0 Å². The van der Waals surface area contributed by atoms with Gasteiger partial charge in [0.25, 0.3) is 0 Å². The fourth-order valence-corrected chi connectivity index (χ4v) is 0.970. The van der Waals surface area contributed by atoms with Gasteiger partial charge < -0.3 is 0 Å². The van der Waals surface area contributed by atoms with E-state index in [9.17, 15) is 0 Å². The van der Waals surface area contributed by atoms with Gasteiger partial charge in [0.1, 0.15) is 5.00 Å². The summed E-state index contributed by atoms with van der Waals surface area (Å²) in [4.78, 5) is 0. The van der Waals surface area contributed by atoms with E-state index in [1.807, 2.05) is 23.7 Å². The summed E-state index contributed by atoms with van der Waals surface area (Å²) in [5, 5.41) is 13.4. The molecule has 1 aromatic heterocycles. The van der Waals surface area contributed by atoms with E-state index in [1.165, 1.54) is 11.3 Å². The van der Waals surface area contributed by atoms with Crippen molar-refractivity contribution in [2.45, 2.75) is 0 Å². The van der Waals surface area contributed by atoms with Crippen LogP contribution in [0.2, 0.25) is 0 Å². The second kappa shape index (κ2) is 2.34. The SMILES string of the molecule is N#CNc1cccs1. The summed E-state index contributed by atoms with van der Waals surface area (Å²) in [6.45, 7) is 0. The number of nitrogens with zero attached hydrogens (tertiary/aromatic N) is 1. The molecular formula is C5H4N2S. The standard InChI is InChI=1S/C5H4N2S/c6-4-7-5-2-1-3-8-5/h1-3,7H. The first-order valence-electron chi connectivity index (χ1n) is 2.12. The van der Waals surface area contributed by atoms with Crippen molar-refractivity contribution >= 4 is 16.3 Å². The molecule has 0 radical (unpaired) electrons. The van der Waals surface area contributed by atoms with Gasteiger partial charge in [-0.05, 0) is 17.5 Å². The van der Waals surface area contributed by atoms with Crippen molar-refractivity contribution in [2.75, 3.05) is 5.32 Å². The lowest BCUT2D eigenvalue weighted by atomic mass is 10.6. The lowest BCUT2D eigenvalue weighted by Gasteiger charge is -1.82. The first-order valence-corrected chi connectivity index (χ1v) is 3.00. The quantitative estimate of drug-likeness (QED) is 0.456. The molecule has 0 aliphatic carbocycles. The van der Waals surface area contributed by atoms with E-state index in [0.29, 0.717) is 0 Å². The van der Waals surface area contributed by atoms with Crippen molar-refractivity contribution in [3.8, 4) is 6.19 Å². The molecule has 2 nitrogen and oxygen atoms in total.